The first-order valence-corrected chi connectivity index (χ1v) is 7.42. The van der Waals surface area contributed by atoms with Crippen LogP contribution in [-0.2, 0) is 0 Å². The van der Waals surface area contributed by atoms with Gasteiger partial charge in [-0.15, -0.1) is 11.3 Å². The molecule has 0 spiro atoms. The van der Waals surface area contributed by atoms with Gasteiger partial charge in [0.05, 0.1) is 20.8 Å². The number of hydrogen-bond acceptors (Lipinski definition) is 4. The Balaban J connectivity index is 1.90. The van der Waals surface area contributed by atoms with Crippen molar-refractivity contribution >= 4 is 33.1 Å². The molecule has 0 unspecified atom stereocenters. The number of hydrogen-bond donors (Lipinski definition) is 2. The van der Waals surface area contributed by atoms with Crippen molar-refractivity contribution < 1.29 is 4.79 Å². The smallest absolute Gasteiger partial charge is 0.253 e. The second-order valence-electron chi connectivity index (χ2n) is 5.09. The Kier molecular flexibility index (Phi) is 3.14. The number of carbonyl (C=O) groups is 1. The van der Waals surface area contributed by atoms with Gasteiger partial charge in [-0.25, -0.2) is 4.98 Å². The van der Waals surface area contributed by atoms with E-state index in [1.807, 2.05) is 13.0 Å². The summed E-state index contributed by atoms with van der Waals surface area (Å²) in [5, 5.41) is 4.06. The molecule has 0 aliphatic heterocycles. The molecular weight excluding hydrogens is 258 g/mol. The number of aromatic nitrogens is 1. The molecule has 0 saturated heterocycles. The first-order chi connectivity index (χ1) is 9.13. The van der Waals surface area contributed by atoms with Gasteiger partial charge < -0.3 is 11.1 Å². The molecule has 100 valence electrons. The molecule has 5 heteroatoms. The molecule has 0 bridgehead atoms. The Morgan fingerprint density at radius 3 is 2.89 bits per heavy atom. The van der Waals surface area contributed by atoms with E-state index in [0.717, 1.165) is 28.1 Å². The number of thiazole rings is 1. The molecular formula is C14H17N3OS. The fourth-order valence-corrected chi connectivity index (χ4v) is 3.48. The lowest BCUT2D eigenvalue weighted by molar-refractivity contribution is 0.0939. The minimum absolute atomic E-state index is 0.0580. The summed E-state index contributed by atoms with van der Waals surface area (Å²) in [4.78, 5) is 16.6. The van der Waals surface area contributed by atoms with Crippen LogP contribution in [0.15, 0.2) is 12.1 Å². The SMILES string of the molecule is Cc1nc2cc(N)c(C(=O)NC3CCCC3)cc2s1. The lowest BCUT2D eigenvalue weighted by Crippen LogP contribution is -2.33. The number of carbonyl (C=O) groups excluding carboxylic acids is 1. The van der Waals surface area contributed by atoms with Crippen LogP contribution in [-0.4, -0.2) is 16.9 Å². The zero-order chi connectivity index (χ0) is 13.4. The predicted octanol–water partition coefficient (Wildman–Crippen LogP) is 2.86. The van der Waals surface area contributed by atoms with Crippen LogP contribution in [0, 0.1) is 6.92 Å². The van der Waals surface area contributed by atoms with E-state index >= 15 is 0 Å². The summed E-state index contributed by atoms with van der Waals surface area (Å²) in [6, 6.07) is 3.97. The molecule has 1 aromatic carbocycles. The van der Waals surface area contributed by atoms with Gasteiger partial charge in [-0.1, -0.05) is 12.8 Å². The molecule has 1 fully saturated rings. The van der Waals surface area contributed by atoms with Gasteiger partial charge >= 0.3 is 0 Å². The van der Waals surface area contributed by atoms with Crippen LogP contribution in [0.4, 0.5) is 5.69 Å². The van der Waals surface area contributed by atoms with Gasteiger partial charge in [0, 0.05) is 11.7 Å². The van der Waals surface area contributed by atoms with E-state index in [1.54, 1.807) is 17.4 Å². The average Bonchev–Trinajstić information content (AvgIpc) is 2.96. The normalized spacial score (nSPS) is 16.1. The first kappa shape index (κ1) is 12.4. The fourth-order valence-electron chi connectivity index (χ4n) is 2.64. The van der Waals surface area contributed by atoms with Gasteiger partial charge in [0.25, 0.3) is 5.91 Å². The van der Waals surface area contributed by atoms with Crippen LogP contribution < -0.4 is 11.1 Å². The number of fused-ring (bicyclic) bond motifs is 1. The highest BCUT2D eigenvalue weighted by atomic mass is 32.1. The van der Waals surface area contributed by atoms with Crippen LogP contribution in [0.2, 0.25) is 0 Å². The predicted molar refractivity (Wildman–Crippen MR) is 78.5 cm³/mol. The maximum absolute atomic E-state index is 12.3. The van der Waals surface area contributed by atoms with E-state index < -0.39 is 0 Å². The van der Waals surface area contributed by atoms with E-state index in [2.05, 4.69) is 10.3 Å². The zero-order valence-corrected chi connectivity index (χ0v) is 11.7. The van der Waals surface area contributed by atoms with Crippen LogP contribution >= 0.6 is 11.3 Å². The molecule has 19 heavy (non-hydrogen) atoms. The second-order valence-corrected chi connectivity index (χ2v) is 6.33. The number of nitrogens with zero attached hydrogens (tertiary/aromatic N) is 1. The van der Waals surface area contributed by atoms with Crippen molar-refractivity contribution in [2.45, 2.75) is 38.6 Å². The summed E-state index contributed by atoms with van der Waals surface area (Å²) in [5.74, 6) is -0.0580. The van der Waals surface area contributed by atoms with Crippen LogP contribution in [0.1, 0.15) is 41.0 Å². The monoisotopic (exact) mass is 275 g/mol. The highest BCUT2D eigenvalue weighted by Crippen LogP contribution is 2.27. The minimum Gasteiger partial charge on any atom is -0.398 e. The number of rotatable bonds is 2. The van der Waals surface area contributed by atoms with Gasteiger partial charge in [-0.2, -0.15) is 0 Å². The van der Waals surface area contributed by atoms with E-state index in [9.17, 15) is 4.79 Å². The zero-order valence-electron chi connectivity index (χ0n) is 10.9. The summed E-state index contributed by atoms with van der Waals surface area (Å²) < 4.78 is 1.02. The highest BCUT2D eigenvalue weighted by molar-refractivity contribution is 7.18. The summed E-state index contributed by atoms with van der Waals surface area (Å²) >= 11 is 1.59. The summed E-state index contributed by atoms with van der Waals surface area (Å²) in [6.45, 7) is 1.96. The molecule has 2 aromatic rings. The maximum atomic E-state index is 12.3. The topological polar surface area (TPSA) is 68.0 Å². The third-order valence-electron chi connectivity index (χ3n) is 3.60. The Morgan fingerprint density at radius 2 is 2.16 bits per heavy atom. The van der Waals surface area contributed by atoms with Gasteiger partial charge in [-0.3, -0.25) is 4.79 Å². The fraction of sp³-hybridized carbons (Fsp3) is 0.429. The van der Waals surface area contributed by atoms with Crippen LogP contribution in [0.5, 0.6) is 0 Å². The number of nitrogen functional groups attached to an aromatic ring is 1. The van der Waals surface area contributed by atoms with E-state index in [-0.39, 0.29) is 5.91 Å². The summed E-state index contributed by atoms with van der Waals surface area (Å²) in [7, 11) is 0. The number of nitrogens with two attached hydrogens (primary N) is 1. The number of anilines is 1. The second kappa shape index (κ2) is 4.81. The maximum Gasteiger partial charge on any atom is 0.253 e. The largest absolute Gasteiger partial charge is 0.398 e. The summed E-state index contributed by atoms with van der Waals surface area (Å²) in [5.41, 5.74) is 7.93. The minimum atomic E-state index is -0.0580. The lowest BCUT2D eigenvalue weighted by atomic mass is 10.1. The van der Waals surface area contributed by atoms with Crippen LogP contribution in [0.25, 0.3) is 10.2 Å². The first-order valence-electron chi connectivity index (χ1n) is 6.61. The van der Waals surface area contributed by atoms with Gasteiger partial charge in [0.15, 0.2) is 0 Å². The molecule has 1 saturated carbocycles. The van der Waals surface area contributed by atoms with Crippen molar-refractivity contribution in [3.63, 3.8) is 0 Å². The molecule has 0 atom stereocenters. The van der Waals surface area contributed by atoms with Crippen LogP contribution in [0.3, 0.4) is 0 Å². The van der Waals surface area contributed by atoms with E-state index in [4.69, 9.17) is 5.73 Å². The number of aryl methyl sites for hydroxylation is 1. The van der Waals surface area contributed by atoms with Crippen molar-refractivity contribution in [2.24, 2.45) is 0 Å². The molecule has 1 heterocycles. The Hall–Kier alpha value is -1.62. The number of amides is 1. The molecule has 1 amide bonds. The van der Waals surface area contributed by atoms with Gasteiger partial charge in [0.1, 0.15) is 0 Å². The Bertz CT molecular complexity index is 629. The number of benzene rings is 1. The van der Waals surface area contributed by atoms with Crippen molar-refractivity contribution in [1.82, 2.24) is 10.3 Å². The van der Waals surface area contributed by atoms with Gasteiger partial charge in [0.2, 0.25) is 0 Å². The third-order valence-corrected chi connectivity index (χ3v) is 4.54. The molecule has 1 aliphatic carbocycles. The Labute approximate surface area is 116 Å². The molecule has 1 aromatic heterocycles. The van der Waals surface area contributed by atoms with Gasteiger partial charge in [-0.05, 0) is 31.9 Å². The van der Waals surface area contributed by atoms with Crippen molar-refractivity contribution in [1.29, 1.82) is 0 Å². The third kappa shape index (κ3) is 2.42. The van der Waals surface area contributed by atoms with E-state index in [1.165, 1.54) is 12.8 Å². The van der Waals surface area contributed by atoms with Crippen molar-refractivity contribution in [3.8, 4) is 0 Å². The highest BCUT2D eigenvalue weighted by Gasteiger charge is 2.20. The molecule has 3 N–H and O–H groups in total. The molecule has 1 aliphatic rings. The van der Waals surface area contributed by atoms with Crippen molar-refractivity contribution in [3.05, 3.63) is 22.7 Å². The van der Waals surface area contributed by atoms with Crippen molar-refractivity contribution in [2.75, 3.05) is 5.73 Å². The quantitative estimate of drug-likeness (QED) is 0.828. The Morgan fingerprint density at radius 1 is 1.42 bits per heavy atom. The average molecular weight is 275 g/mol. The molecule has 0 radical (unpaired) electrons. The standard InChI is InChI=1S/C14H17N3OS/c1-8-16-12-7-11(15)10(6-13(12)19-8)14(18)17-9-4-2-3-5-9/h6-7,9H,2-5,15H2,1H3,(H,17,18). The summed E-state index contributed by atoms with van der Waals surface area (Å²) in [6.07, 6.45) is 4.56. The number of nitrogens with one attached hydrogen (secondary N) is 1. The molecule has 4 nitrogen and oxygen atoms in total. The van der Waals surface area contributed by atoms with E-state index in [0.29, 0.717) is 17.3 Å². The molecule has 3 rings (SSSR count). The lowest BCUT2D eigenvalue weighted by Gasteiger charge is -2.13.